The fourth-order valence-corrected chi connectivity index (χ4v) is 3.50. The molecule has 0 aliphatic rings. The van der Waals surface area contributed by atoms with Gasteiger partial charge in [0, 0.05) is 15.4 Å². The van der Waals surface area contributed by atoms with E-state index in [4.69, 9.17) is 4.74 Å². The van der Waals surface area contributed by atoms with E-state index in [0.29, 0.717) is 11.3 Å². The third-order valence-corrected chi connectivity index (χ3v) is 4.89. The summed E-state index contributed by atoms with van der Waals surface area (Å²) in [5.74, 6) is 0.698. The van der Waals surface area contributed by atoms with Crippen LogP contribution in [-0.2, 0) is 0 Å². The topological polar surface area (TPSA) is 42.1 Å². The summed E-state index contributed by atoms with van der Waals surface area (Å²) >= 11 is 3.55. The van der Waals surface area contributed by atoms with Crippen LogP contribution in [0, 0.1) is 0 Å². The lowest BCUT2D eigenvalue weighted by Crippen LogP contribution is -2.02. The molecule has 4 aromatic rings. The van der Waals surface area contributed by atoms with Crippen LogP contribution in [0.3, 0.4) is 0 Å². The standard InChI is InChI=1S/C20H14BrNO2/c1-24-18-8-4-5-12-11-17(22-19(12)18)20(23)15-9-10-16(21)14-7-3-2-6-13(14)15/h2-11,22H,1H3. The lowest BCUT2D eigenvalue weighted by molar-refractivity contribution is 0.103. The Morgan fingerprint density at radius 2 is 1.79 bits per heavy atom. The van der Waals surface area contributed by atoms with Gasteiger partial charge >= 0.3 is 0 Å². The normalized spacial score (nSPS) is 11.1. The van der Waals surface area contributed by atoms with Crippen molar-refractivity contribution in [3.8, 4) is 5.75 Å². The molecule has 0 fully saturated rings. The van der Waals surface area contributed by atoms with Crippen LogP contribution in [0.15, 0.2) is 65.1 Å². The molecule has 0 bridgehead atoms. The van der Waals surface area contributed by atoms with Crippen molar-refractivity contribution in [2.45, 2.75) is 0 Å². The number of hydrogen-bond acceptors (Lipinski definition) is 2. The molecular formula is C20H14BrNO2. The summed E-state index contributed by atoms with van der Waals surface area (Å²) in [5.41, 5.74) is 2.08. The first kappa shape index (κ1) is 15.0. The quantitative estimate of drug-likeness (QED) is 0.489. The van der Waals surface area contributed by atoms with Crippen molar-refractivity contribution in [3.63, 3.8) is 0 Å². The predicted molar refractivity (Wildman–Crippen MR) is 99.9 cm³/mol. The van der Waals surface area contributed by atoms with E-state index in [1.54, 1.807) is 7.11 Å². The second-order valence-electron chi connectivity index (χ2n) is 5.58. The number of halogens is 1. The number of aromatic amines is 1. The summed E-state index contributed by atoms with van der Waals surface area (Å²) in [6, 6.07) is 19.3. The van der Waals surface area contributed by atoms with Crippen molar-refractivity contribution >= 4 is 43.4 Å². The SMILES string of the molecule is COc1cccc2cc(C(=O)c3ccc(Br)c4ccccc34)[nH]c12. The molecule has 0 atom stereocenters. The molecule has 0 saturated heterocycles. The van der Waals surface area contributed by atoms with Crippen molar-refractivity contribution in [3.05, 3.63) is 76.4 Å². The molecule has 4 rings (SSSR count). The highest BCUT2D eigenvalue weighted by Crippen LogP contribution is 2.30. The molecule has 0 saturated carbocycles. The maximum atomic E-state index is 13.1. The van der Waals surface area contributed by atoms with Gasteiger partial charge in [-0.3, -0.25) is 4.79 Å². The minimum atomic E-state index is -0.0306. The molecule has 24 heavy (non-hydrogen) atoms. The number of nitrogens with one attached hydrogen (secondary N) is 1. The largest absolute Gasteiger partial charge is 0.495 e. The number of carbonyl (C=O) groups excluding carboxylic acids is 1. The highest BCUT2D eigenvalue weighted by Gasteiger charge is 2.17. The van der Waals surface area contributed by atoms with Crippen molar-refractivity contribution in [1.29, 1.82) is 0 Å². The summed E-state index contributed by atoms with van der Waals surface area (Å²) < 4.78 is 6.34. The molecule has 1 N–H and O–H groups in total. The van der Waals surface area contributed by atoms with E-state index in [1.807, 2.05) is 60.7 Å². The maximum absolute atomic E-state index is 13.1. The number of ketones is 1. The Morgan fingerprint density at radius 1 is 1.00 bits per heavy atom. The smallest absolute Gasteiger partial charge is 0.209 e. The number of carbonyl (C=O) groups is 1. The van der Waals surface area contributed by atoms with Gasteiger partial charge in [-0.25, -0.2) is 0 Å². The first-order valence-electron chi connectivity index (χ1n) is 7.56. The molecule has 0 amide bonds. The molecule has 0 aliphatic heterocycles. The summed E-state index contributed by atoms with van der Waals surface area (Å²) in [7, 11) is 1.62. The molecule has 0 radical (unpaired) electrons. The van der Waals surface area contributed by atoms with Gasteiger partial charge < -0.3 is 9.72 Å². The molecule has 4 heteroatoms. The number of methoxy groups -OCH3 is 1. The lowest BCUT2D eigenvalue weighted by atomic mass is 10.00. The highest BCUT2D eigenvalue weighted by atomic mass is 79.9. The zero-order valence-corrected chi connectivity index (χ0v) is 14.6. The van der Waals surface area contributed by atoms with E-state index in [1.165, 1.54) is 0 Å². The molecule has 0 unspecified atom stereocenters. The van der Waals surface area contributed by atoms with Crippen molar-refractivity contribution in [2.75, 3.05) is 7.11 Å². The van der Waals surface area contributed by atoms with Crippen LogP contribution in [0.5, 0.6) is 5.75 Å². The third kappa shape index (κ3) is 2.31. The molecule has 0 spiro atoms. The van der Waals surface area contributed by atoms with Crippen molar-refractivity contribution in [2.24, 2.45) is 0 Å². The first-order chi connectivity index (χ1) is 11.7. The Hall–Kier alpha value is -2.59. The number of aromatic nitrogens is 1. The second kappa shape index (κ2) is 5.80. The fraction of sp³-hybridized carbons (Fsp3) is 0.0500. The van der Waals surface area contributed by atoms with Gasteiger partial charge in [0.1, 0.15) is 5.75 Å². The van der Waals surface area contributed by atoms with Crippen LogP contribution >= 0.6 is 15.9 Å². The van der Waals surface area contributed by atoms with Gasteiger partial charge in [0.25, 0.3) is 0 Å². The van der Waals surface area contributed by atoms with Gasteiger partial charge in [0.2, 0.25) is 5.78 Å². The van der Waals surface area contributed by atoms with Gasteiger partial charge in [-0.15, -0.1) is 0 Å². The van der Waals surface area contributed by atoms with Crippen LogP contribution in [0.4, 0.5) is 0 Å². The summed E-state index contributed by atoms with van der Waals surface area (Å²) in [4.78, 5) is 16.3. The Morgan fingerprint density at radius 3 is 2.58 bits per heavy atom. The zero-order chi connectivity index (χ0) is 16.7. The van der Waals surface area contributed by atoms with Gasteiger partial charge in [-0.1, -0.05) is 52.3 Å². The Balaban J connectivity index is 1.90. The summed E-state index contributed by atoms with van der Waals surface area (Å²) in [6.07, 6.45) is 0. The highest BCUT2D eigenvalue weighted by molar-refractivity contribution is 9.10. The third-order valence-electron chi connectivity index (χ3n) is 4.20. The average molecular weight is 380 g/mol. The molecule has 118 valence electrons. The summed E-state index contributed by atoms with van der Waals surface area (Å²) in [5, 5.41) is 2.92. The number of fused-ring (bicyclic) bond motifs is 2. The lowest BCUT2D eigenvalue weighted by Gasteiger charge is -2.06. The molecule has 3 aromatic carbocycles. The Bertz CT molecular complexity index is 1080. The second-order valence-corrected chi connectivity index (χ2v) is 6.43. The number of ether oxygens (including phenoxy) is 1. The van der Waals surface area contributed by atoms with Gasteiger partial charge in [0.15, 0.2) is 0 Å². The number of rotatable bonds is 3. The molecular weight excluding hydrogens is 366 g/mol. The first-order valence-corrected chi connectivity index (χ1v) is 8.36. The molecule has 1 aromatic heterocycles. The number of benzene rings is 3. The van der Waals surface area contributed by atoms with Gasteiger partial charge in [-0.05, 0) is 35.0 Å². The van der Waals surface area contributed by atoms with Crippen LogP contribution < -0.4 is 4.74 Å². The minimum Gasteiger partial charge on any atom is -0.495 e. The van der Waals surface area contributed by atoms with Gasteiger partial charge in [-0.2, -0.15) is 0 Å². The molecule has 0 aliphatic carbocycles. The van der Waals surface area contributed by atoms with E-state index in [-0.39, 0.29) is 5.78 Å². The maximum Gasteiger partial charge on any atom is 0.209 e. The van der Waals surface area contributed by atoms with Crippen LogP contribution in [0.2, 0.25) is 0 Å². The predicted octanol–water partition coefficient (Wildman–Crippen LogP) is 5.32. The van der Waals surface area contributed by atoms with Crippen LogP contribution in [0.25, 0.3) is 21.7 Å². The molecule has 1 heterocycles. The van der Waals surface area contributed by atoms with Gasteiger partial charge in [0.05, 0.1) is 18.3 Å². The van der Waals surface area contributed by atoms with E-state index in [0.717, 1.165) is 31.9 Å². The number of para-hydroxylation sites is 1. The van der Waals surface area contributed by atoms with Crippen molar-refractivity contribution < 1.29 is 9.53 Å². The minimum absolute atomic E-state index is 0.0306. The average Bonchev–Trinajstić information content (AvgIpc) is 3.06. The van der Waals surface area contributed by atoms with E-state index in [9.17, 15) is 4.79 Å². The Labute approximate surface area is 147 Å². The zero-order valence-electron chi connectivity index (χ0n) is 13.0. The van der Waals surface area contributed by atoms with Crippen molar-refractivity contribution in [1.82, 2.24) is 4.98 Å². The van der Waals surface area contributed by atoms with Crippen LogP contribution in [0.1, 0.15) is 16.1 Å². The van der Waals surface area contributed by atoms with E-state index in [2.05, 4.69) is 20.9 Å². The van der Waals surface area contributed by atoms with Crippen LogP contribution in [-0.4, -0.2) is 17.9 Å². The Kier molecular flexibility index (Phi) is 3.62. The number of H-pyrrole nitrogens is 1. The fourth-order valence-electron chi connectivity index (χ4n) is 3.03. The monoisotopic (exact) mass is 379 g/mol. The van der Waals surface area contributed by atoms with E-state index >= 15 is 0 Å². The summed E-state index contributed by atoms with van der Waals surface area (Å²) in [6.45, 7) is 0. The molecule has 3 nitrogen and oxygen atoms in total. The number of hydrogen-bond donors (Lipinski definition) is 1. The van der Waals surface area contributed by atoms with E-state index < -0.39 is 0 Å².